The highest BCUT2D eigenvalue weighted by Crippen LogP contribution is 2.27. The van der Waals surface area contributed by atoms with Crippen molar-refractivity contribution >= 4 is 39.1 Å². The second kappa shape index (κ2) is 13.3. The molecule has 0 bridgehead atoms. The van der Waals surface area contributed by atoms with Crippen LogP contribution in [-0.2, 0) is 32.6 Å². The van der Waals surface area contributed by atoms with E-state index in [9.17, 15) is 18.0 Å². The molecule has 1 aliphatic carbocycles. The summed E-state index contributed by atoms with van der Waals surface area (Å²) in [5.41, 5.74) is 2.74. The van der Waals surface area contributed by atoms with Gasteiger partial charge in [0.1, 0.15) is 12.6 Å². The summed E-state index contributed by atoms with van der Waals surface area (Å²) in [6, 6.07) is 23.2. The zero-order chi connectivity index (χ0) is 28.7. The first-order valence-electron chi connectivity index (χ1n) is 13.5. The van der Waals surface area contributed by atoms with E-state index in [2.05, 4.69) is 5.32 Å². The molecule has 1 N–H and O–H groups in total. The average Bonchev–Trinajstić information content (AvgIpc) is 3.44. The minimum absolute atomic E-state index is 0.0704. The Kier molecular flexibility index (Phi) is 9.87. The lowest BCUT2D eigenvalue weighted by Gasteiger charge is -2.34. The van der Waals surface area contributed by atoms with E-state index in [0.717, 1.165) is 47.4 Å². The van der Waals surface area contributed by atoms with Crippen LogP contribution in [-0.4, -0.2) is 50.0 Å². The van der Waals surface area contributed by atoms with Crippen LogP contribution in [0.5, 0.6) is 0 Å². The van der Waals surface area contributed by atoms with Crippen molar-refractivity contribution in [3.05, 3.63) is 101 Å². The SMILES string of the molecule is Cc1ccc(Cl)cc1N(CC(=O)N(Cc1ccccc1)C(Cc1ccccc1)C(=O)NC1CCCC1)S(C)(=O)=O. The van der Waals surface area contributed by atoms with Crippen LogP contribution in [0.4, 0.5) is 5.69 Å². The molecule has 7 nitrogen and oxygen atoms in total. The molecule has 3 aromatic carbocycles. The molecule has 1 fully saturated rings. The van der Waals surface area contributed by atoms with Crippen molar-refractivity contribution in [1.82, 2.24) is 10.2 Å². The maximum atomic E-state index is 14.2. The van der Waals surface area contributed by atoms with Crippen molar-refractivity contribution in [3.63, 3.8) is 0 Å². The van der Waals surface area contributed by atoms with Crippen molar-refractivity contribution in [2.45, 2.75) is 57.7 Å². The molecule has 3 aromatic rings. The third-order valence-electron chi connectivity index (χ3n) is 7.29. The number of benzene rings is 3. The molecule has 4 rings (SSSR count). The Labute approximate surface area is 242 Å². The molecule has 40 heavy (non-hydrogen) atoms. The Morgan fingerprint density at radius 2 is 1.55 bits per heavy atom. The fourth-order valence-electron chi connectivity index (χ4n) is 5.15. The maximum absolute atomic E-state index is 14.2. The summed E-state index contributed by atoms with van der Waals surface area (Å²) in [5, 5.41) is 3.53. The van der Waals surface area contributed by atoms with E-state index in [1.807, 2.05) is 60.7 Å². The normalized spacial score (nSPS) is 14.5. The van der Waals surface area contributed by atoms with E-state index in [4.69, 9.17) is 11.6 Å². The van der Waals surface area contributed by atoms with Crippen molar-refractivity contribution < 1.29 is 18.0 Å². The lowest BCUT2D eigenvalue weighted by atomic mass is 10.0. The van der Waals surface area contributed by atoms with Gasteiger partial charge in [0.2, 0.25) is 21.8 Å². The van der Waals surface area contributed by atoms with E-state index in [1.165, 1.54) is 4.90 Å². The molecule has 2 amide bonds. The van der Waals surface area contributed by atoms with Crippen LogP contribution >= 0.6 is 11.6 Å². The number of rotatable bonds is 11. The molecule has 0 aromatic heterocycles. The summed E-state index contributed by atoms with van der Waals surface area (Å²) in [7, 11) is -3.86. The van der Waals surface area contributed by atoms with Gasteiger partial charge < -0.3 is 10.2 Å². The van der Waals surface area contributed by atoms with Crippen molar-refractivity contribution in [2.24, 2.45) is 0 Å². The highest BCUT2D eigenvalue weighted by atomic mass is 35.5. The first-order valence-corrected chi connectivity index (χ1v) is 15.8. The highest BCUT2D eigenvalue weighted by Gasteiger charge is 2.34. The smallest absolute Gasteiger partial charge is 0.244 e. The second-order valence-corrected chi connectivity index (χ2v) is 12.7. The van der Waals surface area contributed by atoms with E-state index < -0.39 is 28.5 Å². The van der Waals surface area contributed by atoms with Gasteiger partial charge in [0.05, 0.1) is 11.9 Å². The molecule has 9 heteroatoms. The third kappa shape index (κ3) is 7.86. The van der Waals surface area contributed by atoms with Crippen molar-refractivity contribution in [3.8, 4) is 0 Å². The molecule has 1 unspecified atom stereocenters. The summed E-state index contributed by atoms with van der Waals surface area (Å²) < 4.78 is 27.0. The van der Waals surface area contributed by atoms with Gasteiger partial charge in [0, 0.05) is 24.0 Å². The summed E-state index contributed by atoms with van der Waals surface area (Å²) in [6.07, 6.45) is 5.30. The van der Waals surface area contributed by atoms with Crippen LogP contribution < -0.4 is 9.62 Å². The third-order valence-corrected chi connectivity index (χ3v) is 8.65. The van der Waals surface area contributed by atoms with Gasteiger partial charge in [-0.05, 0) is 48.6 Å². The first kappa shape index (κ1) is 29.6. The molecule has 0 radical (unpaired) electrons. The minimum Gasteiger partial charge on any atom is -0.352 e. The Morgan fingerprint density at radius 1 is 0.950 bits per heavy atom. The van der Waals surface area contributed by atoms with Gasteiger partial charge in [-0.2, -0.15) is 0 Å². The molecular weight excluding hydrogens is 546 g/mol. The number of halogens is 1. The van der Waals surface area contributed by atoms with Gasteiger partial charge in [-0.15, -0.1) is 0 Å². The van der Waals surface area contributed by atoms with Gasteiger partial charge in [-0.1, -0.05) is 91.2 Å². The number of hydrogen-bond donors (Lipinski definition) is 1. The molecule has 1 aliphatic rings. The monoisotopic (exact) mass is 581 g/mol. The Morgan fingerprint density at radius 3 is 2.15 bits per heavy atom. The van der Waals surface area contributed by atoms with Crippen LogP contribution in [0.2, 0.25) is 5.02 Å². The number of nitrogens with one attached hydrogen (secondary N) is 1. The molecule has 212 valence electrons. The number of aryl methyl sites for hydroxylation is 1. The van der Waals surface area contributed by atoms with Crippen molar-refractivity contribution in [1.29, 1.82) is 0 Å². The largest absolute Gasteiger partial charge is 0.352 e. The maximum Gasteiger partial charge on any atom is 0.244 e. The zero-order valence-corrected chi connectivity index (χ0v) is 24.5. The number of carbonyl (C=O) groups excluding carboxylic acids is 2. The molecule has 1 saturated carbocycles. The quantitative estimate of drug-likeness (QED) is 0.341. The van der Waals surface area contributed by atoms with E-state index in [1.54, 1.807) is 25.1 Å². The minimum atomic E-state index is -3.86. The molecule has 0 aliphatic heterocycles. The lowest BCUT2D eigenvalue weighted by Crippen LogP contribution is -2.54. The first-order chi connectivity index (χ1) is 19.1. The predicted molar refractivity (Wildman–Crippen MR) is 160 cm³/mol. The van der Waals surface area contributed by atoms with Gasteiger partial charge in [0.25, 0.3) is 0 Å². The fourth-order valence-corrected chi connectivity index (χ4v) is 6.21. The molecule has 0 saturated heterocycles. The number of nitrogens with zero attached hydrogens (tertiary/aromatic N) is 2. The zero-order valence-electron chi connectivity index (χ0n) is 22.9. The predicted octanol–water partition coefficient (Wildman–Crippen LogP) is 5.11. The van der Waals surface area contributed by atoms with E-state index >= 15 is 0 Å². The molecule has 0 spiro atoms. The van der Waals surface area contributed by atoms with Crippen LogP contribution in [0.1, 0.15) is 42.4 Å². The van der Waals surface area contributed by atoms with Crippen LogP contribution in [0.3, 0.4) is 0 Å². The highest BCUT2D eigenvalue weighted by molar-refractivity contribution is 7.92. The van der Waals surface area contributed by atoms with Gasteiger partial charge in [-0.25, -0.2) is 8.42 Å². The number of amides is 2. The Hall–Kier alpha value is -3.36. The summed E-state index contributed by atoms with van der Waals surface area (Å²) in [6.45, 7) is 1.46. The van der Waals surface area contributed by atoms with E-state index in [0.29, 0.717) is 22.7 Å². The Bertz CT molecular complexity index is 1410. The van der Waals surface area contributed by atoms with Gasteiger partial charge in [-0.3, -0.25) is 13.9 Å². The summed E-state index contributed by atoms with van der Waals surface area (Å²) in [4.78, 5) is 29.5. The molecular formula is C31H36ClN3O4S. The van der Waals surface area contributed by atoms with Gasteiger partial charge >= 0.3 is 0 Å². The fraction of sp³-hybridized carbons (Fsp3) is 0.355. The number of hydrogen-bond acceptors (Lipinski definition) is 4. The number of carbonyl (C=O) groups is 2. The summed E-state index contributed by atoms with van der Waals surface area (Å²) in [5.74, 6) is -0.707. The lowest BCUT2D eigenvalue weighted by molar-refractivity contribution is -0.140. The molecule has 1 atom stereocenters. The van der Waals surface area contributed by atoms with Crippen molar-refractivity contribution in [2.75, 3.05) is 17.1 Å². The van der Waals surface area contributed by atoms with Gasteiger partial charge in [0.15, 0.2) is 0 Å². The number of sulfonamides is 1. The average molecular weight is 582 g/mol. The summed E-state index contributed by atoms with van der Waals surface area (Å²) >= 11 is 6.21. The molecule has 0 heterocycles. The Balaban J connectivity index is 1.73. The van der Waals surface area contributed by atoms with Crippen LogP contribution in [0, 0.1) is 6.92 Å². The topological polar surface area (TPSA) is 86.8 Å². The standard InChI is InChI=1S/C31H36ClN3O4S/c1-23-17-18-26(32)20-28(23)35(40(2,38)39)22-30(36)34(21-25-13-7-4-8-14-25)29(19-24-11-5-3-6-12-24)31(37)33-27-15-9-10-16-27/h3-8,11-14,17-18,20,27,29H,9-10,15-16,19,21-22H2,1-2H3,(H,33,37). The van der Waals surface area contributed by atoms with E-state index in [-0.39, 0.29) is 18.5 Å². The number of anilines is 1. The second-order valence-electron chi connectivity index (χ2n) is 10.4. The van der Waals surface area contributed by atoms with Crippen LogP contribution in [0.25, 0.3) is 0 Å². The van der Waals surface area contributed by atoms with Crippen LogP contribution in [0.15, 0.2) is 78.9 Å².